The number of likely N-dealkylation sites (tertiary alicyclic amines) is 2. The number of ether oxygens (including phenoxy) is 1. The van der Waals surface area contributed by atoms with Crippen molar-refractivity contribution in [1.82, 2.24) is 29.4 Å². The minimum Gasteiger partial charge on any atom is -0.394 e. The number of aliphatic hydroxyl groups is 1. The van der Waals surface area contributed by atoms with Crippen LogP contribution in [0.2, 0.25) is 0 Å². The highest BCUT2D eigenvalue weighted by Crippen LogP contribution is 2.38. The van der Waals surface area contributed by atoms with Gasteiger partial charge in [-0.3, -0.25) is 9.69 Å². The predicted octanol–water partition coefficient (Wildman–Crippen LogP) is 4.31. The van der Waals surface area contributed by atoms with Crippen molar-refractivity contribution in [3.63, 3.8) is 0 Å². The minimum absolute atomic E-state index is 0.00264. The lowest BCUT2D eigenvalue weighted by atomic mass is 9.87. The fraction of sp³-hybridized carbons (Fsp3) is 0.516. The number of aromatic amines is 1. The number of hydrogen-bond donors (Lipinski definition) is 2. The Hall–Kier alpha value is -3.27. The first-order chi connectivity index (χ1) is 19.5. The summed E-state index contributed by atoms with van der Waals surface area (Å²) in [4.78, 5) is 25.2. The summed E-state index contributed by atoms with van der Waals surface area (Å²) in [5.41, 5.74) is 7.84. The van der Waals surface area contributed by atoms with Crippen molar-refractivity contribution in [3.05, 3.63) is 53.5 Å². The van der Waals surface area contributed by atoms with E-state index in [0.717, 1.165) is 73.3 Å². The van der Waals surface area contributed by atoms with E-state index in [1.165, 1.54) is 16.5 Å². The number of aromatic nitrogens is 4. The van der Waals surface area contributed by atoms with Crippen LogP contribution >= 0.6 is 0 Å². The molecule has 6 rings (SSSR count). The number of H-pyrrole nitrogens is 1. The molecule has 212 valence electrons. The van der Waals surface area contributed by atoms with Gasteiger partial charge in [0.2, 0.25) is 5.91 Å². The maximum atomic E-state index is 12.9. The molecule has 1 amide bonds. The minimum atomic E-state index is 0.00264. The number of nitrogens with one attached hydrogen (secondary N) is 1. The van der Waals surface area contributed by atoms with Crippen LogP contribution in [0.5, 0.6) is 0 Å². The quantitative estimate of drug-likeness (QED) is 0.343. The zero-order valence-corrected chi connectivity index (χ0v) is 23.8. The summed E-state index contributed by atoms with van der Waals surface area (Å²) in [7, 11) is 1.70. The predicted molar refractivity (Wildman–Crippen MR) is 155 cm³/mol. The standard InChI is InChI=1S/C31H40N6O3/c1-20(2)29-26-14-22(21-8-11-35(12-9-21)16-28(39)36-10-4-5-25(36)17-38)6-7-27(26)34-30(29)23-13-24(18-40-3)31-32-19-33-37(31)15-23/h6-7,13-15,19-21,25,34,38H,4-5,8-12,16-18H2,1-3H3/t25-/m1/s1. The first-order valence-electron chi connectivity index (χ1n) is 14.6. The number of benzene rings is 1. The molecule has 0 saturated carbocycles. The number of methoxy groups -OCH3 is 1. The fourth-order valence-corrected chi connectivity index (χ4v) is 6.77. The second-order valence-corrected chi connectivity index (χ2v) is 11.7. The Balaban J connectivity index is 1.23. The molecule has 0 spiro atoms. The van der Waals surface area contributed by atoms with Gasteiger partial charge < -0.3 is 19.7 Å². The van der Waals surface area contributed by atoms with Gasteiger partial charge in [-0.2, -0.15) is 5.10 Å². The SMILES string of the molecule is COCc1cc(-c2[nH]c3ccc(C4CCN(CC(=O)N5CCC[C@@H]5CO)CC4)cc3c2C(C)C)cn2ncnc12. The van der Waals surface area contributed by atoms with E-state index >= 15 is 0 Å². The molecule has 4 aromatic rings. The Morgan fingerprint density at radius 3 is 2.75 bits per heavy atom. The van der Waals surface area contributed by atoms with Crippen LogP contribution in [0.4, 0.5) is 0 Å². The average molecular weight is 545 g/mol. The lowest BCUT2D eigenvalue weighted by Gasteiger charge is -2.33. The normalized spacial score (nSPS) is 19.0. The summed E-state index contributed by atoms with van der Waals surface area (Å²) >= 11 is 0. The third-order valence-corrected chi connectivity index (χ3v) is 8.81. The second-order valence-electron chi connectivity index (χ2n) is 11.7. The van der Waals surface area contributed by atoms with E-state index in [9.17, 15) is 9.90 Å². The van der Waals surface area contributed by atoms with Gasteiger partial charge in [-0.15, -0.1) is 0 Å². The van der Waals surface area contributed by atoms with Gasteiger partial charge in [-0.1, -0.05) is 19.9 Å². The van der Waals surface area contributed by atoms with Crippen LogP contribution in [0.3, 0.4) is 0 Å². The molecule has 9 nitrogen and oxygen atoms in total. The van der Waals surface area contributed by atoms with E-state index in [-0.39, 0.29) is 18.6 Å². The van der Waals surface area contributed by atoms with E-state index in [1.54, 1.807) is 13.4 Å². The van der Waals surface area contributed by atoms with Gasteiger partial charge >= 0.3 is 0 Å². The van der Waals surface area contributed by atoms with Crippen LogP contribution in [0.1, 0.15) is 68.1 Å². The van der Waals surface area contributed by atoms with Crippen molar-refractivity contribution in [3.8, 4) is 11.3 Å². The number of aliphatic hydroxyl groups excluding tert-OH is 1. The van der Waals surface area contributed by atoms with Crippen LogP contribution in [-0.4, -0.2) is 86.3 Å². The summed E-state index contributed by atoms with van der Waals surface area (Å²) in [6, 6.07) is 9.04. The summed E-state index contributed by atoms with van der Waals surface area (Å²) in [6.45, 7) is 8.12. The van der Waals surface area contributed by atoms with Crippen LogP contribution in [0.25, 0.3) is 27.8 Å². The number of hydrogen-bond acceptors (Lipinski definition) is 6. The van der Waals surface area contributed by atoms with Gasteiger partial charge in [0.15, 0.2) is 5.65 Å². The molecule has 9 heteroatoms. The summed E-state index contributed by atoms with van der Waals surface area (Å²) in [5, 5.41) is 15.3. The highest BCUT2D eigenvalue weighted by Gasteiger charge is 2.30. The van der Waals surface area contributed by atoms with Crippen molar-refractivity contribution < 1.29 is 14.6 Å². The van der Waals surface area contributed by atoms with E-state index in [0.29, 0.717) is 25.0 Å². The monoisotopic (exact) mass is 544 g/mol. The molecule has 3 aromatic heterocycles. The summed E-state index contributed by atoms with van der Waals surface area (Å²) in [5.74, 6) is 0.971. The van der Waals surface area contributed by atoms with E-state index in [4.69, 9.17) is 4.74 Å². The zero-order chi connectivity index (χ0) is 27.8. The number of rotatable bonds is 8. The Labute approximate surface area is 235 Å². The number of fused-ring (bicyclic) bond motifs is 2. The third kappa shape index (κ3) is 5.02. The zero-order valence-electron chi connectivity index (χ0n) is 23.8. The number of carbonyl (C=O) groups excluding carboxylic acids is 1. The number of nitrogens with zero attached hydrogens (tertiary/aromatic N) is 5. The van der Waals surface area contributed by atoms with Crippen molar-refractivity contribution >= 4 is 22.5 Å². The first-order valence-corrected chi connectivity index (χ1v) is 14.6. The Morgan fingerprint density at radius 2 is 2.00 bits per heavy atom. The maximum absolute atomic E-state index is 12.9. The van der Waals surface area contributed by atoms with Gasteiger partial charge in [0.1, 0.15) is 6.33 Å². The largest absolute Gasteiger partial charge is 0.394 e. The second kappa shape index (κ2) is 11.3. The molecule has 1 aromatic carbocycles. The first kappa shape index (κ1) is 26.9. The van der Waals surface area contributed by atoms with Crippen LogP contribution in [-0.2, 0) is 16.1 Å². The van der Waals surface area contributed by atoms with E-state index < -0.39 is 0 Å². The molecule has 40 heavy (non-hydrogen) atoms. The molecule has 1 atom stereocenters. The number of amides is 1. The third-order valence-electron chi connectivity index (χ3n) is 8.81. The lowest BCUT2D eigenvalue weighted by molar-refractivity contribution is -0.134. The van der Waals surface area contributed by atoms with Gasteiger partial charge in [-0.05, 0) is 79.9 Å². The van der Waals surface area contributed by atoms with Crippen molar-refractivity contribution in [2.45, 2.75) is 64.0 Å². The van der Waals surface area contributed by atoms with Gasteiger partial charge in [0.25, 0.3) is 0 Å². The van der Waals surface area contributed by atoms with Gasteiger partial charge in [0, 0.05) is 41.9 Å². The molecule has 2 aliphatic heterocycles. The number of piperidine rings is 1. The number of carbonyl (C=O) groups is 1. The summed E-state index contributed by atoms with van der Waals surface area (Å²) in [6.07, 6.45) is 7.61. The smallest absolute Gasteiger partial charge is 0.237 e. The molecule has 2 N–H and O–H groups in total. The van der Waals surface area contributed by atoms with Gasteiger partial charge in [-0.25, -0.2) is 9.50 Å². The van der Waals surface area contributed by atoms with E-state index in [1.807, 2.05) is 15.6 Å². The molecular formula is C31H40N6O3. The highest BCUT2D eigenvalue weighted by molar-refractivity contribution is 5.92. The van der Waals surface area contributed by atoms with E-state index in [2.05, 4.69) is 58.1 Å². The number of pyridine rings is 1. The van der Waals surface area contributed by atoms with Crippen molar-refractivity contribution in [2.75, 3.05) is 39.9 Å². The molecule has 0 aliphatic carbocycles. The van der Waals surface area contributed by atoms with Crippen LogP contribution < -0.4 is 0 Å². The molecule has 5 heterocycles. The molecule has 2 aliphatic rings. The van der Waals surface area contributed by atoms with Crippen molar-refractivity contribution in [1.29, 1.82) is 0 Å². The van der Waals surface area contributed by atoms with Crippen molar-refractivity contribution in [2.24, 2.45) is 0 Å². The molecule has 0 bridgehead atoms. The Kier molecular flexibility index (Phi) is 7.61. The molecule has 2 saturated heterocycles. The maximum Gasteiger partial charge on any atom is 0.237 e. The molecule has 0 unspecified atom stereocenters. The molecular weight excluding hydrogens is 504 g/mol. The lowest BCUT2D eigenvalue weighted by Crippen LogP contribution is -2.45. The van der Waals surface area contributed by atoms with Crippen LogP contribution in [0.15, 0.2) is 36.8 Å². The highest BCUT2D eigenvalue weighted by atomic mass is 16.5. The average Bonchev–Trinajstić information content (AvgIpc) is 3.71. The summed E-state index contributed by atoms with van der Waals surface area (Å²) < 4.78 is 7.28. The molecule has 0 radical (unpaired) electrons. The molecule has 2 fully saturated rings. The Morgan fingerprint density at radius 1 is 1.18 bits per heavy atom. The Bertz CT molecular complexity index is 1500. The topological polar surface area (TPSA) is 99.0 Å². The fourth-order valence-electron chi connectivity index (χ4n) is 6.77. The van der Waals surface area contributed by atoms with Crippen LogP contribution in [0, 0.1) is 0 Å². The van der Waals surface area contributed by atoms with Gasteiger partial charge in [0.05, 0.1) is 31.5 Å².